The first-order valence-electron chi connectivity index (χ1n) is 3.98. The van der Waals surface area contributed by atoms with Gasteiger partial charge in [-0.3, -0.25) is 0 Å². The van der Waals surface area contributed by atoms with E-state index in [1.807, 2.05) is 6.07 Å². The molecule has 1 nitrogen and oxygen atoms in total. The summed E-state index contributed by atoms with van der Waals surface area (Å²) in [6, 6.07) is 6.90. The zero-order valence-electron chi connectivity index (χ0n) is 7.63. The van der Waals surface area contributed by atoms with Crippen LogP contribution < -0.4 is 0 Å². The monoisotopic (exact) mass is 175 g/mol. The second kappa shape index (κ2) is 3.86. The normalized spacial score (nSPS) is 11.1. The van der Waals surface area contributed by atoms with Gasteiger partial charge in [0.1, 0.15) is 5.82 Å². The lowest BCUT2D eigenvalue weighted by molar-refractivity contribution is 0.618. The molecule has 13 heavy (non-hydrogen) atoms. The molecule has 66 valence electrons. The Morgan fingerprint density at radius 1 is 1.54 bits per heavy atom. The van der Waals surface area contributed by atoms with Crippen molar-refractivity contribution < 1.29 is 4.39 Å². The van der Waals surface area contributed by atoms with E-state index in [0.29, 0.717) is 11.1 Å². The number of rotatable bonds is 1. The Morgan fingerprint density at radius 3 is 2.77 bits per heavy atom. The Morgan fingerprint density at radius 2 is 2.23 bits per heavy atom. The highest BCUT2D eigenvalue weighted by atomic mass is 19.1. The Balaban J connectivity index is 3.07. The second-order valence-electron chi connectivity index (χ2n) is 2.95. The van der Waals surface area contributed by atoms with Gasteiger partial charge in [-0.15, -0.1) is 0 Å². The van der Waals surface area contributed by atoms with E-state index in [-0.39, 0.29) is 5.82 Å². The summed E-state index contributed by atoms with van der Waals surface area (Å²) in [5.41, 5.74) is 1.91. The van der Waals surface area contributed by atoms with Crippen molar-refractivity contribution in [2.45, 2.75) is 13.8 Å². The molecule has 0 aliphatic carbocycles. The topological polar surface area (TPSA) is 23.8 Å². The van der Waals surface area contributed by atoms with Crippen LogP contribution in [0.4, 0.5) is 4.39 Å². The third-order valence-electron chi connectivity index (χ3n) is 1.76. The van der Waals surface area contributed by atoms with Gasteiger partial charge in [0, 0.05) is 5.57 Å². The van der Waals surface area contributed by atoms with Gasteiger partial charge in [0.05, 0.1) is 6.07 Å². The van der Waals surface area contributed by atoms with Crippen molar-refractivity contribution in [2.24, 2.45) is 0 Å². The molecule has 0 fully saturated rings. The van der Waals surface area contributed by atoms with Crippen molar-refractivity contribution in [1.29, 1.82) is 5.26 Å². The van der Waals surface area contributed by atoms with E-state index in [0.717, 1.165) is 5.56 Å². The summed E-state index contributed by atoms with van der Waals surface area (Å²) in [6.45, 7) is 3.40. The molecule has 0 bridgehead atoms. The zero-order chi connectivity index (χ0) is 9.84. The van der Waals surface area contributed by atoms with E-state index in [2.05, 4.69) is 0 Å². The number of benzene rings is 1. The van der Waals surface area contributed by atoms with Gasteiger partial charge in [-0.25, -0.2) is 4.39 Å². The molecular formula is C11H10FN. The average Bonchev–Trinajstić information content (AvgIpc) is 2.11. The van der Waals surface area contributed by atoms with E-state index in [1.54, 1.807) is 32.1 Å². The predicted octanol–water partition coefficient (Wildman–Crippen LogP) is 3.06. The summed E-state index contributed by atoms with van der Waals surface area (Å²) >= 11 is 0. The van der Waals surface area contributed by atoms with Crippen LogP contribution in [0.25, 0.3) is 6.08 Å². The van der Waals surface area contributed by atoms with E-state index >= 15 is 0 Å². The van der Waals surface area contributed by atoms with E-state index in [1.165, 1.54) is 6.07 Å². The highest BCUT2D eigenvalue weighted by Gasteiger charge is 1.97. The number of hydrogen-bond donors (Lipinski definition) is 0. The van der Waals surface area contributed by atoms with Gasteiger partial charge in [0.15, 0.2) is 0 Å². The Hall–Kier alpha value is -1.62. The third-order valence-corrected chi connectivity index (χ3v) is 1.76. The van der Waals surface area contributed by atoms with Gasteiger partial charge < -0.3 is 0 Å². The molecule has 0 unspecified atom stereocenters. The summed E-state index contributed by atoms with van der Waals surface area (Å²) in [5, 5.41) is 8.51. The lowest BCUT2D eigenvalue weighted by atomic mass is 10.1. The van der Waals surface area contributed by atoms with Crippen LogP contribution in [0.2, 0.25) is 0 Å². The minimum Gasteiger partial charge on any atom is -0.207 e. The van der Waals surface area contributed by atoms with Crippen LogP contribution in [-0.2, 0) is 0 Å². The van der Waals surface area contributed by atoms with Crippen molar-refractivity contribution in [3.63, 3.8) is 0 Å². The molecule has 0 aromatic heterocycles. The quantitative estimate of drug-likeness (QED) is 0.602. The molecule has 0 saturated carbocycles. The Bertz CT molecular complexity index is 386. The van der Waals surface area contributed by atoms with Crippen LogP contribution in [0.5, 0.6) is 0 Å². The number of halogens is 1. The smallest absolute Gasteiger partial charge is 0.126 e. The van der Waals surface area contributed by atoms with Crippen molar-refractivity contribution in [3.05, 3.63) is 40.7 Å². The first-order valence-corrected chi connectivity index (χ1v) is 3.98. The molecule has 0 aliphatic rings. The number of aryl methyl sites for hydroxylation is 1. The number of nitrogens with zero attached hydrogens (tertiary/aromatic N) is 1. The van der Waals surface area contributed by atoms with Gasteiger partial charge in [-0.1, -0.05) is 12.1 Å². The van der Waals surface area contributed by atoms with Gasteiger partial charge in [0.25, 0.3) is 0 Å². The van der Waals surface area contributed by atoms with Crippen molar-refractivity contribution >= 4 is 6.08 Å². The maximum Gasteiger partial charge on any atom is 0.126 e. The highest BCUT2D eigenvalue weighted by molar-refractivity contribution is 5.56. The van der Waals surface area contributed by atoms with E-state index in [9.17, 15) is 4.39 Å². The number of allylic oxidation sites excluding steroid dienone is 1. The molecule has 0 atom stereocenters. The molecule has 1 aromatic carbocycles. The fraction of sp³-hybridized carbons (Fsp3) is 0.182. The SMILES string of the molecule is C/C(C#N)=C/c1ccc(C)c(F)c1. The fourth-order valence-corrected chi connectivity index (χ4v) is 0.981. The highest BCUT2D eigenvalue weighted by Crippen LogP contribution is 2.11. The molecule has 0 saturated heterocycles. The summed E-state index contributed by atoms with van der Waals surface area (Å²) in [6.07, 6.45) is 1.66. The lowest BCUT2D eigenvalue weighted by Crippen LogP contribution is -1.83. The molecule has 0 aliphatic heterocycles. The van der Waals surface area contributed by atoms with Gasteiger partial charge in [0.2, 0.25) is 0 Å². The third kappa shape index (κ3) is 2.41. The van der Waals surface area contributed by atoms with Gasteiger partial charge in [-0.2, -0.15) is 5.26 Å². The van der Waals surface area contributed by atoms with Crippen molar-refractivity contribution in [2.75, 3.05) is 0 Å². The number of hydrogen-bond acceptors (Lipinski definition) is 1. The lowest BCUT2D eigenvalue weighted by Gasteiger charge is -1.97. The zero-order valence-corrected chi connectivity index (χ0v) is 7.63. The van der Waals surface area contributed by atoms with Crippen LogP contribution in [0.3, 0.4) is 0 Å². The second-order valence-corrected chi connectivity index (χ2v) is 2.95. The maximum atomic E-state index is 13.0. The van der Waals surface area contributed by atoms with Crippen LogP contribution in [0, 0.1) is 24.1 Å². The number of nitriles is 1. The van der Waals surface area contributed by atoms with E-state index in [4.69, 9.17) is 5.26 Å². The predicted molar refractivity (Wildman–Crippen MR) is 50.4 cm³/mol. The molecule has 2 heteroatoms. The minimum atomic E-state index is -0.237. The Kier molecular flexibility index (Phi) is 2.81. The summed E-state index contributed by atoms with van der Waals surface area (Å²) in [4.78, 5) is 0. The first kappa shape index (κ1) is 9.47. The standard InChI is InChI=1S/C11H10FN/c1-8(7-13)5-10-4-3-9(2)11(12)6-10/h3-6H,1-2H3/b8-5-. The first-order chi connectivity index (χ1) is 6.13. The minimum absolute atomic E-state index is 0.237. The Labute approximate surface area is 77.1 Å². The molecule has 0 radical (unpaired) electrons. The molecule has 1 aromatic rings. The van der Waals surface area contributed by atoms with E-state index < -0.39 is 0 Å². The molecular weight excluding hydrogens is 165 g/mol. The molecule has 1 rings (SSSR count). The van der Waals surface area contributed by atoms with Crippen LogP contribution in [0.15, 0.2) is 23.8 Å². The van der Waals surface area contributed by atoms with Crippen molar-refractivity contribution in [1.82, 2.24) is 0 Å². The largest absolute Gasteiger partial charge is 0.207 e. The van der Waals surface area contributed by atoms with Crippen LogP contribution >= 0.6 is 0 Å². The summed E-state index contributed by atoms with van der Waals surface area (Å²) in [7, 11) is 0. The molecule has 0 amide bonds. The summed E-state index contributed by atoms with van der Waals surface area (Å²) < 4.78 is 13.0. The van der Waals surface area contributed by atoms with Crippen molar-refractivity contribution in [3.8, 4) is 6.07 Å². The van der Waals surface area contributed by atoms with Gasteiger partial charge in [-0.05, 0) is 37.1 Å². The molecule has 0 heterocycles. The van der Waals surface area contributed by atoms with Gasteiger partial charge >= 0.3 is 0 Å². The van der Waals surface area contributed by atoms with Crippen LogP contribution in [-0.4, -0.2) is 0 Å². The maximum absolute atomic E-state index is 13.0. The molecule has 0 spiro atoms. The average molecular weight is 175 g/mol. The fourth-order valence-electron chi connectivity index (χ4n) is 0.981. The van der Waals surface area contributed by atoms with Crippen LogP contribution in [0.1, 0.15) is 18.1 Å². The molecule has 0 N–H and O–H groups in total. The summed E-state index contributed by atoms with van der Waals surface area (Å²) in [5.74, 6) is -0.237.